The number of para-hydroxylation sites is 1. The van der Waals surface area contributed by atoms with Gasteiger partial charge in [-0.15, -0.1) is 11.3 Å². The SMILES string of the molecule is CCN(CC)S(=O)(=O)c1ccc(C2=CC3(CCNCC3)Oc3ccccc32)s1. The number of benzene rings is 1. The number of fused-ring (bicyclic) bond motifs is 1. The van der Waals surface area contributed by atoms with Gasteiger partial charge >= 0.3 is 0 Å². The maximum atomic E-state index is 12.9. The number of hydrogen-bond acceptors (Lipinski definition) is 5. The third kappa shape index (κ3) is 3.41. The van der Waals surface area contributed by atoms with Crippen LogP contribution in [0.4, 0.5) is 0 Å². The van der Waals surface area contributed by atoms with E-state index in [1.165, 1.54) is 15.6 Å². The summed E-state index contributed by atoms with van der Waals surface area (Å²) in [6.07, 6.45) is 4.03. The number of nitrogens with zero attached hydrogens (tertiary/aromatic N) is 1. The van der Waals surface area contributed by atoms with Crippen molar-refractivity contribution in [2.24, 2.45) is 0 Å². The van der Waals surface area contributed by atoms with Gasteiger partial charge in [-0.05, 0) is 37.4 Å². The van der Waals surface area contributed by atoms with Crippen molar-refractivity contribution in [3.63, 3.8) is 0 Å². The van der Waals surface area contributed by atoms with Gasteiger partial charge in [-0.25, -0.2) is 8.42 Å². The summed E-state index contributed by atoms with van der Waals surface area (Å²) in [7, 11) is -3.45. The average molecular weight is 419 g/mol. The number of sulfonamides is 1. The predicted molar refractivity (Wildman–Crippen MR) is 113 cm³/mol. The fourth-order valence-electron chi connectivity index (χ4n) is 3.96. The number of rotatable bonds is 5. The molecule has 2 aromatic rings. The lowest BCUT2D eigenvalue weighted by atomic mass is 9.85. The Bertz CT molecular complexity index is 985. The molecule has 28 heavy (non-hydrogen) atoms. The summed E-state index contributed by atoms with van der Waals surface area (Å²) in [6, 6.07) is 11.7. The average Bonchev–Trinajstić information content (AvgIpc) is 3.20. The maximum absolute atomic E-state index is 12.9. The van der Waals surface area contributed by atoms with Crippen LogP contribution >= 0.6 is 11.3 Å². The standard InChI is InChI=1S/C21H26N2O3S2/c1-3-23(4-2)28(24,25)20-10-9-19(27-20)17-15-21(11-13-22-14-12-21)26-18-8-6-5-7-16(17)18/h5-10,15,22H,3-4,11-14H2,1-2H3. The van der Waals surface area contributed by atoms with E-state index in [2.05, 4.69) is 11.4 Å². The Morgan fingerprint density at radius 3 is 2.54 bits per heavy atom. The lowest BCUT2D eigenvalue weighted by molar-refractivity contribution is 0.0817. The summed E-state index contributed by atoms with van der Waals surface area (Å²) < 4.78 is 34.2. The van der Waals surface area contributed by atoms with Crippen LogP contribution in [0.1, 0.15) is 37.1 Å². The highest BCUT2D eigenvalue weighted by Crippen LogP contribution is 2.44. The molecular formula is C21H26N2O3S2. The Balaban J connectivity index is 1.78. The fourth-order valence-corrected chi connectivity index (χ4v) is 6.91. The monoisotopic (exact) mass is 418 g/mol. The zero-order valence-corrected chi connectivity index (χ0v) is 17.9. The summed E-state index contributed by atoms with van der Waals surface area (Å²) >= 11 is 1.35. The normalized spacial score (nSPS) is 18.6. The molecule has 0 bridgehead atoms. The maximum Gasteiger partial charge on any atom is 0.252 e. The van der Waals surface area contributed by atoms with Crippen molar-refractivity contribution in [2.45, 2.75) is 36.5 Å². The Hall–Kier alpha value is -1.67. The van der Waals surface area contributed by atoms with E-state index in [9.17, 15) is 8.42 Å². The van der Waals surface area contributed by atoms with Crippen LogP contribution in [0.2, 0.25) is 0 Å². The summed E-state index contributed by atoms with van der Waals surface area (Å²) in [6.45, 7) is 6.51. The van der Waals surface area contributed by atoms with E-state index >= 15 is 0 Å². The summed E-state index contributed by atoms with van der Waals surface area (Å²) in [5.41, 5.74) is 1.78. The molecule has 1 fully saturated rings. The second-order valence-electron chi connectivity index (χ2n) is 7.18. The van der Waals surface area contributed by atoms with Crippen molar-refractivity contribution in [3.8, 4) is 5.75 Å². The summed E-state index contributed by atoms with van der Waals surface area (Å²) in [5, 5.41) is 3.39. The van der Waals surface area contributed by atoms with Crippen LogP contribution in [-0.2, 0) is 10.0 Å². The van der Waals surface area contributed by atoms with Crippen molar-refractivity contribution in [2.75, 3.05) is 26.2 Å². The van der Waals surface area contributed by atoms with Gasteiger partial charge in [0.2, 0.25) is 0 Å². The zero-order valence-electron chi connectivity index (χ0n) is 16.3. The molecule has 0 saturated carbocycles. The first-order valence-electron chi connectivity index (χ1n) is 9.81. The van der Waals surface area contributed by atoms with E-state index in [-0.39, 0.29) is 5.60 Å². The molecule has 0 unspecified atom stereocenters. The van der Waals surface area contributed by atoms with E-state index in [1.54, 1.807) is 6.07 Å². The van der Waals surface area contributed by atoms with Gasteiger partial charge in [0.05, 0.1) is 0 Å². The van der Waals surface area contributed by atoms with Gasteiger partial charge in [-0.3, -0.25) is 0 Å². The van der Waals surface area contributed by atoms with Gasteiger partial charge in [-0.2, -0.15) is 4.31 Å². The lowest BCUT2D eigenvalue weighted by Crippen LogP contribution is -2.46. The highest BCUT2D eigenvalue weighted by Gasteiger charge is 2.37. The van der Waals surface area contributed by atoms with Gasteiger partial charge in [0.15, 0.2) is 0 Å². The van der Waals surface area contributed by atoms with E-state index in [1.807, 2.05) is 44.2 Å². The minimum atomic E-state index is -3.45. The molecule has 2 aliphatic heterocycles. The number of hydrogen-bond donors (Lipinski definition) is 1. The molecule has 4 rings (SSSR count). The Kier molecular flexibility index (Phi) is 5.35. The number of thiophene rings is 1. The highest BCUT2D eigenvalue weighted by molar-refractivity contribution is 7.91. The molecule has 1 aromatic carbocycles. The van der Waals surface area contributed by atoms with Gasteiger partial charge < -0.3 is 10.1 Å². The first-order valence-corrected chi connectivity index (χ1v) is 12.1. The summed E-state index contributed by atoms with van der Waals surface area (Å²) in [5.74, 6) is 0.878. The second kappa shape index (κ2) is 7.63. The number of ether oxygens (including phenoxy) is 1. The Morgan fingerprint density at radius 2 is 1.82 bits per heavy atom. The largest absolute Gasteiger partial charge is 0.482 e. The molecule has 1 aromatic heterocycles. The fraction of sp³-hybridized carbons (Fsp3) is 0.429. The molecule has 1 saturated heterocycles. The highest BCUT2D eigenvalue weighted by atomic mass is 32.2. The molecular weight excluding hydrogens is 392 g/mol. The van der Waals surface area contributed by atoms with Crippen molar-refractivity contribution in [1.82, 2.24) is 9.62 Å². The van der Waals surface area contributed by atoms with Crippen LogP contribution in [0.5, 0.6) is 5.75 Å². The molecule has 0 radical (unpaired) electrons. The van der Waals surface area contributed by atoms with Crippen molar-refractivity contribution < 1.29 is 13.2 Å². The minimum absolute atomic E-state index is 0.323. The van der Waals surface area contributed by atoms with Gasteiger partial charge in [0, 0.05) is 41.9 Å². The Labute approximate surface area is 171 Å². The molecule has 5 nitrogen and oxygen atoms in total. The summed E-state index contributed by atoms with van der Waals surface area (Å²) in [4.78, 5) is 0.972. The second-order valence-corrected chi connectivity index (χ2v) is 10.4. The van der Waals surface area contributed by atoms with E-state index in [4.69, 9.17) is 4.74 Å². The van der Waals surface area contributed by atoms with Crippen molar-refractivity contribution >= 4 is 26.9 Å². The van der Waals surface area contributed by atoms with Gasteiger partial charge in [0.1, 0.15) is 15.6 Å². The van der Waals surface area contributed by atoms with Crippen molar-refractivity contribution in [1.29, 1.82) is 0 Å². The quantitative estimate of drug-likeness (QED) is 0.804. The molecule has 1 N–H and O–H groups in total. The smallest absolute Gasteiger partial charge is 0.252 e. The van der Waals surface area contributed by atoms with Crippen LogP contribution in [0, 0.1) is 0 Å². The van der Waals surface area contributed by atoms with Crippen LogP contribution in [0.25, 0.3) is 5.57 Å². The zero-order chi connectivity index (χ0) is 19.8. The number of nitrogens with one attached hydrogen (secondary N) is 1. The van der Waals surface area contributed by atoms with Crippen LogP contribution in [0.15, 0.2) is 46.7 Å². The van der Waals surface area contributed by atoms with Gasteiger partial charge in [-0.1, -0.05) is 32.0 Å². The molecule has 2 aliphatic rings. The van der Waals surface area contributed by atoms with Crippen LogP contribution in [-0.4, -0.2) is 44.5 Å². The van der Waals surface area contributed by atoms with Crippen LogP contribution in [0.3, 0.4) is 0 Å². The third-order valence-corrected chi connectivity index (χ3v) is 9.13. The molecule has 3 heterocycles. The third-order valence-electron chi connectivity index (χ3n) is 5.49. The Morgan fingerprint density at radius 1 is 1.11 bits per heavy atom. The van der Waals surface area contributed by atoms with E-state index in [0.29, 0.717) is 17.3 Å². The molecule has 0 aliphatic carbocycles. The molecule has 1 spiro atoms. The molecule has 0 atom stereocenters. The van der Waals surface area contributed by atoms with E-state index in [0.717, 1.165) is 47.7 Å². The first kappa shape index (κ1) is 19.6. The van der Waals surface area contributed by atoms with E-state index < -0.39 is 10.0 Å². The van der Waals surface area contributed by atoms with Crippen LogP contribution < -0.4 is 10.1 Å². The lowest BCUT2D eigenvalue weighted by Gasteiger charge is -2.39. The van der Waals surface area contributed by atoms with Crippen molar-refractivity contribution in [3.05, 3.63) is 52.9 Å². The number of piperidine rings is 1. The minimum Gasteiger partial charge on any atom is -0.482 e. The van der Waals surface area contributed by atoms with Gasteiger partial charge in [0.25, 0.3) is 10.0 Å². The molecule has 7 heteroatoms. The molecule has 0 amide bonds. The topological polar surface area (TPSA) is 58.6 Å². The first-order chi connectivity index (χ1) is 13.5. The molecule has 150 valence electrons. The predicted octanol–water partition coefficient (Wildman–Crippen LogP) is 3.72.